The first kappa shape index (κ1) is 20.8. The van der Waals surface area contributed by atoms with Gasteiger partial charge in [-0.2, -0.15) is 0 Å². The smallest absolute Gasteiger partial charge is 0.267 e. The van der Waals surface area contributed by atoms with E-state index in [-0.39, 0.29) is 23.3 Å². The molecule has 1 heterocycles. The number of carbonyl (C=O) groups is 3. The van der Waals surface area contributed by atoms with E-state index >= 15 is 0 Å². The third kappa shape index (κ3) is 3.82. The van der Waals surface area contributed by atoms with E-state index in [2.05, 4.69) is 20.9 Å². The van der Waals surface area contributed by atoms with Crippen LogP contribution in [0.5, 0.6) is 0 Å². The predicted molar refractivity (Wildman–Crippen MR) is 111 cm³/mol. The van der Waals surface area contributed by atoms with Crippen molar-refractivity contribution in [2.24, 2.45) is 10.7 Å². The van der Waals surface area contributed by atoms with Gasteiger partial charge in [-0.1, -0.05) is 35.3 Å². The monoisotopic (exact) mass is 433 g/mol. The van der Waals surface area contributed by atoms with Gasteiger partial charge in [-0.25, -0.2) is 0 Å². The highest BCUT2D eigenvalue weighted by atomic mass is 35.5. The summed E-state index contributed by atoms with van der Waals surface area (Å²) in [5.41, 5.74) is 5.29. The van der Waals surface area contributed by atoms with Crippen LogP contribution in [0, 0.1) is 0 Å². The van der Waals surface area contributed by atoms with Gasteiger partial charge in [0.05, 0.1) is 16.7 Å². The first-order valence-corrected chi connectivity index (χ1v) is 9.24. The average molecular weight is 434 g/mol. The summed E-state index contributed by atoms with van der Waals surface area (Å²) in [5, 5.41) is 8.69. The fourth-order valence-electron chi connectivity index (χ4n) is 3.03. The number of carbonyl (C=O) groups excluding carboxylic acids is 3. The summed E-state index contributed by atoms with van der Waals surface area (Å²) in [7, 11) is 1.44. The summed E-state index contributed by atoms with van der Waals surface area (Å²) >= 11 is 11.8. The minimum absolute atomic E-state index is 0.0138. The molecule has 29 heavy (non-hydrogen) atoms. The lowest BCUT2D eigenvalue weighted by atomic mass is 9.84. The van der Waals surface area contributed by atoms with Crippen LogP contribution >= 0.6 is 23.2 Å². The van der Waals surface area contributed by atoms with Gasteiger partial charge in [0.1, 0.15) is 5.71 Å². The molecule has 5 N–H and O–H groups in total. The van der Waals surface area contributed by atoms with Crippen molar-refractivity contribution in [1.29, 1.82) is 0 Å². The van der Waals surface area contributed by atoms with Gasteiger partial charge in [-0.15, -0.1) is 0 Å². The van der Waals surface area contributed by atoms with Gasteiger partial charge in [-0.3, -0.25) is 24.7 Å². The Bertz CT molecular complexity index is 1020. The Morgan fingerprint density at radius 2 is 1.76 bits per heavy atom. The Balaban J connectivity index is 1.86. The number of aliphatic imine (C=N–C) groups is 1. The molecule has 1 atom stereocenters. The van der Waals surface area contributed by atoms with E-state index in [0.717, 1.165) is 0 Å². The second-order valence-corrected chi connectivity index (χ2v) is 7.01. The van der Waals surface area contributed by atoms with Crippen LogP contribution in [0.25, 0.3) is 0 Å². The van der Waals surface area contributed by atoms with Crippen LogP contribution in [-0.4, -0.2) is 37.1 Å². The lowest BCUT2D eigenvalue weighted by Crippen LogP contribution is -2.58. The maximum atomic E-state index is 12.4. The minimum Gasteiger partial charge on any atom is -0.367 e. The molecule has 0 radical (unpaired) electrons. The van der Waals surface area contributed by atoms with E-state index < -0.39 is 17.4 Å². The molecule has 0 saturated heterocycles. The van der Waals surface area contributed by atoms with Crippen LogP contribution in [0.15, 0.2) is 47.5 Å². The number of benzene rings is 2. The van der Waals surface area contributed by atoms with Crippen molar-refractivity contribution in [3.8, 4) is 0 Å². The number of anilines is 1. The van der Waals surface area contributed by atoms with Crippen molar-refractivity contribution >= 4 is 52.3 Å². The molecular formula is C19H17Cl2N5O3. The number of nitrogens with two attached hydrogens (primary N) is 1. The van der Waals surface area contributed by atoms with Crippen LogP contribution in [0.3, 0.4) is 0 Å². The fourth-order valence-corrected chi connectivity index (χ4v) is 3.33. The summed E-state index contributed by atoms with van der Waals surface area (Å²) in [5.74, 6) is -1.65. The Morgan fingerprint density at radius 3 is 2.34 bits per heavy atom. The van der Waals surface area contributed by atoms with Crippen molar-refractivity contribution in [2.75, 3.05) is 19.0 Å². The maximum absolute atomic E-state index is 12.4. The number of rotatable bonds is 5. The van der Waals surface area contributed by atoms with Crippen molar-refractivity contribution in [3.63, 3.8) is 0 Å². The molecule has 10 heteroatoms. The van der Waals surface area contributed by atoms with Crippen molar-refractivity contribution < 1.29 is 14.4 Å². The van der Waals surface area contributed by atoms with Gasteiger partial charge in [0.25, 0.3) is 11.8 Å². The Morgan fingerprint density at radius 1 is 1.07 bits per heavy atom. The van der Waals surface area contributed by atoms with E-state index in [1.165, 1.54) is 19.2 Å². The normalized spacial score (nSPS) is 18.1. The van der Waals surface area contributed by atoms with Gasteiger partial charge in [0.15, 0.2) is 5.54 Å². The molecule has 3 amide bonds. The summed E-state index contributed by atoms with van der Waals surface area (Å²) < 4.78 is 0. The van der Waals surface area contributed by atoms with Gasteiger partial charge < -0.3 is 16.4 Å². The third-order valence-corrected chi connectivity index (χ3v) is 5.24. The second-order valence-electron chi connectivity index (χ2n) is 6.20. The zero-order valence-electron chi connectivity index (χ0n) is 15.3. The van der Waals surface area contributed by atoms with Gasteiger partial charge in [-0.05, 0) is 35.9 Å². The Labute approximate surface area is 176 Å². The number of amides is 3. The van der Waals surface area contributed by atoms with E-state index in [0.29, 0.717) is 21.8 Å². The van der Waals surface area contributed by atoms with E-state index in [1.54, 1.807) is 30.3 Å². The number of nitrogens with one attached hydrogen (secondary N) is 3. The predicted octanol–water partition coefficient (Wildman–Crippen LogP) is 1.67. The summed E-state index contributed by atoms with van der Waals surface area (Å²) in [6, 6.07) is 10.9. The molecule has 1 aliphatic rings. The average Bonchev–Trinajstić information content (AvgIpc) is 3.16. The van der Waals surface area contributed by atoms with Gasteiger partial charge in [0.2, 0.25) is 5.91 Å². The molecule has 0 spiro atoms. The molecular weight excluding hydrogens is 417 g/mol. The molecule has 0 fully saturated rings. The number of hydrogen-bond donors (Lipinski definition) is 4. The van der Waals surface area contributed by atoms with Crippen molar-refractivity contribution in [3.05, 3.63) is 63.6 Å². The maximum Gasteiger partial charge on any atom is 0.267 e. The minimum atomic E-state index is -1.55. The van der Waals surface area contributed by atoms with Crippen LogP contribution in [-0.2, 0) is 15.1 Å². The molecule has 0 bridgehead atoms. The second kappa shape index (κ2) is 8.20. The highest BCUT2D eigenvalue weighted by molar-refractivity contribution is 6.47. The Hall–Kier alpha value is -2.94. The number of nitrogens with zero attached hydrogens (tertiary/aromatic N) is 1. The SMILES string of the molecule is CNC(=O)C1=NCNC1(C(N)=O)c1ccc(NC(=O)c2ccc(Cl)c(Cl)c2)cc1. The topological polar surface area (TPSA) is 126 Å². The molecule has 2 aromatic rings. The molecule has 150 valence electrons. The number of hydrogen-bond acceptors (Lipinski definition) is 5. The fraction of sp³-hybridized carbons (Fsp3) is 0.158. The van der Waals surface area contributed by atoms with Gasteiger partial charge in [0, 0.05) is 18.3 Å². The highest BCUT2D eigenvalue weighted by Gasteiger charge is 2.49. The summed E-state index contributed by atoms with van der Waals surface area (Å²) in [6.45, 7) is 0.0709. The summed E-state index contributed by atoms with van der Waals surface area (Å²) in [4.78, 5) is 40.9. The van der Waals surface area contributed by atoms with E-state index in [4.69, 9.17) is 28.9 Å². The summed E-state index contributed by atoms with van der Waals surface area (Å²) in [6.07, 6.45) is 0. The molecule has 8 nitrogen and oxygen atoms in total. The zero-order valence-corrected chi connectivity index (χ0v) is 16.8. The molecule has 3 rings (SSSR count). The first-order valence-electron chi connectivity index (χ1n) is 8.48. The largest absolute Gasteiger partial charge is 0.367 e. The van der Waals surface area contributed by atoms with Crippen LogP contribution < -0.4 is 21.7 Å². The quantitative estimate of drug-likeness (QED) is 0.571. The Kier molecular flexibility index (Phi) is 5.88. The molecule has 1 aliphatic heterocycles. The van der Waals surface area contributed by atoms with E-state index in [1.807, 2.05) is 0 Å². The van der Waals surface area contributed by atoms with E-state index in [9.17, 15) is 14.4 Å². The van der Waals surface area contributed by atoms with Crippen LogP contribution in [0.4, 0.5) is 5.69 Å². The molecule has 0 aliphatic carbocycles. The lowest BCUT2D eigenvalue weighted by molar-refractivity contribution is -0.123. The highest BCUT2D eigenvalue weighted by Crippen LogP contribution is 2.28. The molecule has 0 saturated carbocycles. The first-order chi connectivity index (χ1) is 13.8. The third-order valence-electron chi connectivity index (χ3n) is 4.51. The van der Waals surface area contributed by atoms with Crippen molar-refractivity contribution in [2.45, 2.75) is 5.54 Å². The van der Waals surface area contributed by atoms with Crippen LogP contribution in [0.1, 0.15) is 15.9 Å². The molecule has 1 unspecified atom stereocenters. The van der Waals surface area contributed by atoms with Crippen molar-refractivity contribution in [1.82, 2.24) is 10.6 Å². The number of halogens is 2. The lowest BCUT2D eigenvalue weighted by Gasteiger charge is -2.27. The zero-order chi connectivity index (χ0) is 21.2. The van der Waals surface area contributed by atoms with Gasteiger partial charge >= 0.3 is 0 Å². The standard InChI is InChI=1S/C19H17Cl2N5O3/c1-23-17(28)15-19(18(22)29,25-9-24-15)11-3-5-12(6-4-11)26-16(27)10-2-7-13(20)14(21)8-10/h2-8,25H,9H2,1H3,(H2,22,29)(H,23,28)(H,26,27). The number of primary amides is 1. The molecule has 0 aromatic heterocycles. The molecule has 2 aromatic carbocycles. The van der Waals surface area contributed by atoms with Crippen LogP contribution in [0.2, 0.25) is 10.0 Å².